The van der Waals surface area contributed by atoms with Gasteiger partial charge in [0.15, 0.2) is 6.61 Å². The number of rotatable bonds is 9. The van der Waals surface area contributed by atoms with E-state index in [1.165, 1.54) is 4.90 Å². The van der Waals surface area contributed by atoms with Gasteiger partial charge >= 0.3 is 0 Å². The molecule has 2 rings (SSSR count). The molecule has 2 atom stereocenters. The predicted octanol–water partition coefficient (Wildman–Crippen LogP) is 5.47. The number of benzene rings is 2. The van der Waals surface area contributed by atoms with Gasteiger partial charge in [-0.2, -0.15) is 0 Å². The normalized spacial score (nSPS) is 12.7. The molecule has 2 aromatic carbocycles. The molecule has 30 heavy (non-hydrogen) atoms. The molecule has 0 radical (unpaired) electrons. The van der Waals surface area contributed by atoms with E-state index in [4.69, 9.17) is 27.9 Å². The Morgan fingerprint density at radius 3 is 2.40 bits per heavy atom. The maximum atomic E-state index is 13.0. The third-order valence-electron chi connectivity index (χ3n) is 4.68. The van der Waals surface area contributed by atoms with E-state index in [1.807, 2.05) is 38.1 Å². The Morgan fingerprint density at radius 1 is 1.13 bits per heavy atom. The van der Waals surface area contributed by atoms with E-state index in [1.54, 1.807) is 25.1 Å². The molecule has 5 nitrogen and oxygen atoms in total. The minimum absolute atomic E-state index is 0.0220. The van der Waals surface area contributed by atoms with Gasteiger partial charge in [0.2, 0.25) is 5.91 Å². The molecule has 0 saturated carbocycles. The van der Waals surface area contributed by atoms with Gasteiger partial charge in [0.1, 0.15) is 11.8 Å². The first-order chi connectivity index (χ1) is 14.2. The van der Waals surface area contributed by atoms with Crippen LogP contribution in [0.15, 0.2) is 46.9 Å². The summed E-state index contributed by atoms with van der Waals surface area (Å²) < 4.78 is 6.54. The highest BCUT2D eigenvalue weighted by atomic mass is 79.9. The van der Waals surface area contributed by atoms with Crippen LogP contribution in [-0.4, -0.2) is 35.4 Å². The largest absolute Gasteiger partial charge is 0.482 e. The van der Waals surface area contributed by atoms with Gasteiger partial charge in [0, 0.05) is 22.1 Å². The van der Waals surface area contributed by atoms with Crippen molar-refractivity contribution in [2.24, 2.45) is 0 Å². The van der Waals surface area contributed by atoms with E-state index < -0.39 is 6.04 Å². The molecule has 0 aliphatic rings. The first kappa shape index (κ1) is 24.5. The second kappa shape index (κ2) is 11.6. The average Bonchev–Trinajstić information content (AvgIpc) is 2.71. The summed E-state index contributed by atoms with van der Waals surface area (Å²) in [6.07, 6.45) is 0.803. The summed E-state index contributed by atoms with van der Waals surface area (Å²) >= 11 is 15.4. The minimum Gasteiger partial charge on any atom is -0.482 e. The van der Waals surface area contributed by atoms with E-state index in [-0.39, 0.29) is 31.0 Å². The molecule has 0 heterocycles. The summed E-state index contributed by atoms with van der Waals surface area (Å²) in [5, 5.41) is 3.73. The Hall–Kier alpha value is -1.76. The monoisotopic (exact) mass is 514 g/mol. The van der Waals surface area contributed by atoms with Gasteiger partial charge in [-0.05, 0) is 56.2 Å². The van der Waals surface area contributed by atoms with Crippen molar-refractivity contribution in [3.05, 3.63) is 62.5 Å². The Morgan fingerprint density at radius 2 is 1.80 bits per heavy atom. The molecule has 0 saturated heterocycles. The maximum Gasteiger partial charge on any atom is 0.261 e. The lowest BCUT2D eigenvalue weighted by Crippen LogP contribution is -2.50. The summed E-state index contributed by atoms with van der Waals surface area (Å²) in [4.78, 5) is 27.2. The van der Waals surface area contributed by atoms with Crippen molar-refractivity contribution in [1.29, 1.82) is 0 Å². The molecule has 1 N–H and O–H groups in total. The molecule has 0 bridgehead atoms. The first-order valence-electron chi connectivity index (χ1n) is 9.63. The average molecular weight is 516 g/mol. The van der Waals surface area contributed by atoms with Gasteiger partial charge in [0.05, 0.1) is 5.02 Å². The van der Waals surface area contributed by atoms with Crippen molar-refractivity contribution >= 4 is 50.9 Å². The lowest BCUT2D eigenvalue weighted by molar-refractivity contribution is -0.142. The van der Waals surface area contributed by atoms with E-state index >= 15 is 0 Å². The van der Waals surface area contributed by atoms with Gasteiger partial charge in [-0.15, -0.1) is 0 Å². The summed E-state index contributed by atoms with van der Waals surface area (Å²) in [5.41, 5.74) is 0.902. The van der Waals surface area contributed by atoms with Crippen LogP contribution in [0.1, 0.15) is 32.8 Å². The molecular weight excluding hydrogens is 491 g/mol. The zero-order valence-electron chi connectivity index (χ0n) is 17.1. The van der Waals surface area contributed by atoms with Crippen LogP contribution in [-0.2, 0) is 16.1 Å². The standard InChI is InChI=1S/C22H25BrCl2N2O3/c1-4-14(2)26-22(29)15(3)27(12-16-5-7-17(23)8-6-16)21(28)13-30-20-10-9-18(24)11-19(20)25/h5-11,14-15H,4,12-13H2,1-3H3,(H,26,29)/t14-,15-/m0/s1. The van der Waals surface area contributed by atoms with Gasteiger partial charge < -0.3 is 15.0 Å². The van der Waals surface area contributed by atoms with E-state index in [9.17, 15) is 9.59 Å². The molecule has 0 aromatic heterocycles. The van der Waals surface area contributed by atoms with Gasteiger partial charge in [-0.1, -0.05) is 58.2 Å². The predicted molar refractivity (Wildman–Crippen MR) is 124 cm³/mol. The van der Waals surface area contributed by atoms with Crippen LogP contribution in [0.2, 0.25) is 10.0 Å². The number of carbonyl (C=O) groups excluding carboxylic acids is 2. The van der Waals surface area contributed by atoms with E-state index in [0.717, 1.165) is 16.5 Å². The fraction of sp³-hybridized carbons (Fsp3) is 0.364. The number of carbonyl (C=O) groups is 2. The number of nitrogens with one attached hydrogen (secondary N) is 1. The van der Waals surface area contributed by atoms with Gasteiger partial charge in [0.25, 0.3) is 5.91 Å². The van der Waals surface area contributed by atoms with Crippen molar-refractivity contribution in [2.75, 3.05) is 6.61 Å². The summed E-state index contributed by atoms with van der Waals surface area (Å²) in [7, 11) is 0. The Bertz CT molecular complexity index is 877. The summed E-state index contributed by atoms with van der Waals surface area (Å²) in [6.45, 7) is 5.66. The number of halogens is 3. The van der Waals surface area contributed by atoms with Crippen LogP contribution < -0.4 is 10.1 Å². The zero-order chi connectivity index (χ0) is 22.3. The smallest absolute Gasteiger partial charge is 0.261 e. The highest BCUT2D eigenvalue weighted by Crippen LogP contribution is 2.27. The van der Waals surface area contributed by atoms with Crippen molar-refractivity contribution in [3.63, 3.8) is 0 Å². The van der Waals surface area contributed by atoms with Crippen molar-refractivity contribution in [3.8, 4) is 5.75 Å². The van der Waals surface area contributed by atoms with Crippen LogP contribution in [0.25, 0.3) is 0 Å². The number of nitrogens with zero attached hydrogens (tertiary/aromatic N) is 1. The molecule has 2 aromatic rings. The summed E-state index contributed by atoms with van der Waals surface area (Å²) in [6, 6.07) is 11.7. The Kier molecular flexibility index (Phi) is 9.46. The fourth-order valence-corrected chi connectivity index (χ4v) is 3.38. The number of ether oxygens (including phenoxy) is 1. The third kappa shape index (κ3) is 7.18. The van der Waals surface area contributed by atoms with Crippen molar-refractivity contribution in [1.82, 2.24) is 10.2 Å². The molecule has 162 valence electrons. The van der Waals surface area contributed by atoms with Gasteiger partial charge in [-0.3, -0.25) is 9.59 Å². The van der Waals surface area contributed by atoms with Gasteiger partial charge in [-0.25, -0.2) is 0 Å². The lowest BCUT2D eigenvalue weighted by atomic mass is 10.1. The quantitative estimate of drug-likeness (QED) is 0.482. The molecule has 0 aliphatic carbocycles. The van der Waals surface area contributed by atoms with Crippen LogP contribution in [0, 0.1) is 0 Å². The SMILES string of the molecule is CC[C@H](C)NC(=O)[C@H](C)N(Cc1ccc(Br)cc1)C(=O)COc1ccc(Cl)cc1Cl. The molecule has 0 fully saturated rings. The van der Waals surface area contributed by atoms with E-state index in [2.05, 4.69) is 21.2 Å². The van der Waals surface area contributed by atoms with Crippen molar-refractivity contribution in [2.45, 2.75) is 45.8 Å². The zero-order valence-corrected chi connectivity index (χ0v) is 20.2. The number of hydrogen-bond donors (Lipinski definition) is 1. The van der Waals surface area contributed by atoms with Crippen molar-refractivity contribution < 1.29 is 14.3 Å². The summed E-state index contributed by atoms with van der Waals surface area (Å²) in [5.74, 6) is -0.176. The maximum absolute atomic E-state index is 13.0. The van der Waals surface area contributed by atoms with Crippen LogP contribution in [0.4, 0.5) is 0 Å². The fourth-order valence-electron chi connectivity index (χ4n) is 2.65. The second-order valence-corrected chi connectivity index (χ2v) is 8.76. The molecule has 0 aliphatic heterocycles. The number of hydrogen-bond acceptors (Lipinski definition) is 3. The van der Waals surface area contributed by atoms with Crippen LogP contribution >= 0.6 is 39.1 Å². The Balaban J connectivity index is 2.16. The second-order valence-electron chi connectivity index (χ2n) is 7.01. The molecule has 8 heteroatoms. The molecule has 0 spiro atoms. The lowest BCUT2D eigenvalue weighted by Gasteiger charge is -2.29. The Labute approximate surface area is 195 Å². The molecule has 2 amide bonds. The number of amides is 2. The molecule has 0 unspecified atom stereocenters. The topological polar surface area (TPSA) is 58.6 Å². The minimum atomic E-state index is -0.667. The third-order valence-corrected chi connectivity index (χ3v) is 5.74. The highest BCUT2D eigenvalue weighted by Gasteiger charge is 2.27. The van der Waals surface area contributed by atoms with E-state index in [0.29, 0.717) is 15.8 Å². The molecular formula is C22H25BrCl2N2O3. The highest BCUT2D eigenvalue weighted by molar-refractivity contribution is 9.10. The first-order valence-corrected chi connectivity index (χ1v) is 11.2. The van der Waals surface area contributed by atoms with Crippen LogP contribution in [0.3, 0.4) is 0 Å². The van der Waals surface area contributed by atoms with Crippen LogP contribution in [0.5, 0.6) is 5.75 Å².